The maximum absolute atomic E-state index is 11.8. The van der Waals surface area contributed by atoms with Crippen LogP contribution in [-0.4, -0.2) is 24.1 Å². The monoisotopic (exact) mass is 247 g/mol. The average Bonchev–Trinajstić information content (AvgIpc) is 2.59. The Morgan fingerprint density at radius 1 is 1.33 bits per heavy atom. The van der Waals surface area contributed by atoms with Gasteiger partial charge in [-0.1, -0.05) is 6.07 Å². The number of nitrogens with one attached hydrogen (secondary N) is 1. The maximum atomic E-state index is 11.8. The second kappa shape index (κ2) is 4.23. The molecule has 94 valence electrons. The van der Waals surface area contributed by atoms with E-state index in [0.29, 0.717) is 11.3 Å². The summed E-state index contributed by atoms with van der Waals surface area (Å²) in [5, 5.41) is 0. The number of hydrazine groups is 1. The van der Waals surface area contributed by atoms with Crippen molar-refractivity contribution in [3.05, 3.63) is 28.8 Å². The summed E-state index contributed by atoms with van der Waals surface area (Å²) in [6, 6.07) is 3.39. The lowest BCUT2D eigenvalue weighted by Gasteiger charge is -2.18. The highest BCUT2D eigenvalue weighted by atomic mass is 16.2. The zero-order valence-electron chi connectivity index (χ0n) is 10.1. The predicted octanol–water partition coefficient (Wildman–Crippen LogP) is -0.177. The summed E-state index contributed by atoms with van der Waals surface area (Å²) < 4.78 is 0. The van der Waals surface area contributed by atoms with Crippen molar-refractivity contribution in [1.82, 2.24) is 5.43 Å². The number of ketones is 1. The molecule has 0 spiro atoms. The number of hydrogen-bond acceptors (Lipinski definition) is 4. The molecule has 0 saturated heterocycles. The minimum Gasteiger partial charge on any atom is -0.295 e. The van der Waals surface area contributed by atoms with Crippen LogP contribution in [0.15, 0.2) is 12.1 Å². The summed E-state index contributed by atoms with van der Waals surface area (Å²) in [5.74, 6) is 3.19. The van der Waals surface area contributed by atoms with Crippen LogP contribution < -0.4 is 16.2 Å². The number of nitrogens with zero attached hydrogens (tertiary/aromatic N) is 1. The minimum absolute atomic E-state index is 0.252. The molecule has 1 aromatic rings. The lowest BCUT2D eigenvalue weighted by atomic mass is 10.0. The third-order valence-electron chi connectivity index (χ3n) is 3.12. The topological polar surface area (TPSA) is 92.5 Å². The molecular weight excluding hydrogens is 234 g/mol. The van der Waals surface area contributed by atoms with Crippen LogP contribution in [0.4, 0.5) is 5.69 Å². The van der Waals surface area contributed by atoms with Gasteiger partial charge in [0, 0.05) is 0 Å². The summed E-state index contributed by atoms with van der Waals surface area (Å²) >= 11 is 0. The van der Waals surface area contributed by atoms with Gasteiger partial charge in [0.2, 0.25) is 0 Å². The van der Waals surface area contributed by atoms with E-state index >= 15 is 0 Å². The largest absolute Gasteiger partial charge is 0.299 e. The molecule has 1 aliphatic heterocycles. The van der Waals surface area contributed by atoms with Crippen molar-refractivity contribution < 1.29 is 14.4 Å². The number of Topliss-reactive ketones (excluding diaryl/α,β-unsaturated/α-hetero) is 1. The van der Waals surface area contributed by atoms with Crippen molar-refractivity contribution in [2.45, 2.75) is 13.8 Å². The number of anilines is 1. The molecule has 0 aliphatic carbocycles. The van der Waals surface area contributed by atoms with Crippen LogP contribution in [0.25, 0.3) is 0 Å². The Kier molecular flexibility index (Phi) is 2.88. The Labute approximate surface area is 104 Å². The standard InChI is InChI=1S/C12H13N3O3/c1-6-3-4-8-10(7(6)2)15(5-9(16)14-13)12(18)11(8)17/h3-4H,5,13H2,1-2H3,(H,14,16). The van der Waals surface area contributed by atoms with Crippen molar-refractivity contribution in [3.8, 4) is 0 Å². The highest BCUT2D eigenvalue weighted by Crippen LogP contribution is 2.33. The van der Waals surface area contributed by atoms with Gasteiger partial charge in [-0.25, -0.2) is 5.84 Å². The fraction of sp³-hybridized carbons (Fsp3) is 0.250. The predicted molar refractivity (Wildman–Crippen MR) is 64.9 cm³/mol. The molecule has 2 amide bonds. The highest BCUT2D eigenvalue weighted by molar-refractivity contribution is 6.52. The third kappa shape index (κ3) is 1.67. The second-order valence-electron chi connectivity index (χ2n) is 4.19. The van der Waals surface area contributed by atoms with E-state index < -0.39 is 17.6 Å². The Bertz CT molecular complexity index is 566. The highest BCUT2D eigenvalue weighted by Gasteiger charge is 2.38. The number of nitrogens with two attached hydrogens (primary N) is 1. The Hall–Kier alpha value is -2.21. The normalized spacial score (nSPS) is 13.8. The van der Waals surface area contributed by atoms with E-state index in [1.54, 1.807) is 12.1 Å². The van der Waals surface area contributed by atoms with Crippen LogP contribution in [0.3, 0.4) is 0 Å². The molecule has 0 aromatic heterocycles. The molecule has 1 aromatic carbocycles. The van der Waals surface area contributed by atoms with Crippen LogP contribution in [0.1, 0.15) is 21.5 Å². The van der Waals surface area contributed by atoms with Gasteiger partial charge in [0.25, 0.3) is 17.6 Å². The molecule has 1 heterocycles. The molecule has 0 saturated carbocycles. The van der Waals surface area contributed by atoms with Crippen LogP contribution >= 0.6 is 0 Å². The van der Waals surface area contributed by atoms with E-state index in [1.807, 2.05) is 19.3 Å². The molecular formula is C12H13N3O3. The van der Waals surface area contributed by atoms with Gasteiger partial charge >= 0.3 is 0 Å². The van der Waals surface area contributed by atoms with Gasteiger partial charge in [-0.05, 0) is 31.0 Å². The molecule has 6 nitrogen and oxygen atoms in total. The fourth-order valence-corrected chi connectivity index (χ4v) is 2.01. The number of hydrogen-bond donors (Lipinski definition) is 2. The van der Waals surface area contributed by atoms with E-state index in [1.165, 1.54) is 4.90 Å². The van der Waals surface area contributed by atoms with Crippen LogP contribution in [0.5, 0.6) is 0 Å². The molecule has 0 fully saturated rings. The maximum Gasteiger partial charge on any atom is 0.299 e. The van der Waals surface area contributed by atoms with Gasteiger partial charge in [-0.3, -0.25) is 24.7 Å². The Morgan fingerprint density at radius 3 is 2.61 bits per heavy atom. The number of carbonyl (C=O) groups is 3. The van der Waals surface area contributed by atoms with Crippen LogP contribution in [0.2, 0.25) is 0 Å². The average molecular weight is 247 g/mol. The zero-order valence-corrected chi connectivity index (χ0v) is 10.1. The number of benzene rings is 1. The zero-order chi connectivity index (χ0) is 13.4. The first-order chi connectivity index (χ1) is 8.47. The second-order valence-corrected chi connectivity index (χ2v) is 4.19. The molecule has 1 aliphatic rings. The minimum atomic E-state index is -0.692. The van der Waals surface area contributed by atoms with E-state index in [2.05, 4.69) is 0 Å². The molecule has 3 N–H and O–H groups in total. The van der Waals surface area contributed by atoms with Crippen molar-refractivity contribution >= 4 is 23.3 Å². The SMILES string of the molecule is Cc1ccc2c(c1C)N(CC(=O)NN)C(=O)C2=O. The van der Waals surface area contributed by atoms with Gasteiger partial charge in [-0.2, -0.15) is 0 Å². The van der Waals surface area contributed by atoms with Crippen LogP contribution in [0, 0.1) is 13.8 Å². The molecule has 2 rings (SSSR count). The summed E-state index contributed by atoms with van der Waals surface area (Å²) in [6.07, 6.45) is 0. The van der Waals surface area contributed by atoms with Crippen LogP contribution in [-0.2, 0) is 9.59 Å². The molecule has 0 atom stereocenters. The summed E-state index contributed by atoms with van der Waals surface area (Å²) in [5.41, 5.74) is 4.57. The molecule has 0 radical (unpaired) electrons. The molecule has 0 bridgehead atoms. The van der Waals surface area contributed by atoms with Gasteiger partial charge in [0.05, 0.1) is 11.3 Å². The van der Waals surface area contributed by atoms with Crippen molar-refractivity contribution in [2.24, 2.45) is 5.84 Å². The summed E-state index contributed by atoms with van der Waals surface area (Å²) in [7, 11) is 0. The summed E-state index contributed by atoms with van der Waals surface area (Å²) in [6.45, 7) is 3.44. The summed E-state index contributed by atoms with van der Waals surface area (Å²) in [4.78, 5) is 36.1. The number of fused-ring (bicyclic) bond motifs is 1. The molecule has 6 heteroatoms. The lowest BCUT2D eigenvalue weighted by Crippen LogP contribution is -2.42. The number of amides is 2. The van der Waals surface area contributed by atoms with Gasteiger partial charge < -0.3 is 0 Å². The first kappa shape index (κ1) is 12.3. The number of carbonyl (C=O) groups excluding carboxylic acids is 3. The smallest absolute Gasteiger partial charge is 0.295 e. The van der Waals surface area contributed by atoms with E-state index in [-0.39, 0.29) is 6.54 Å². The van der Waals surface area contributed by atoms with Crippen molar-refractivity contribution in [2.75, 3.05) is 11.4 Å². The first-order valence-electron chi connectivity index (χ1n) is 5.43. The number of rotatable bonds is 2. The Balaban J connectivity index is 2.53. The number of aryl methyl sites for hydroxylation is 1. The first-order valence-corrected chi connectivity index (χ1v) is 5.43. The molecule has 0 unspecified atom stereocenters. The van der Waals surface area contributed by atoms with E-state index in [9.17, 15) is 14.4 Å². The molecule has 18 heavy (non-hydrogen) atoms. The van der Waals surface area contributed by atoms with Gasteiger partial charge in [0.1, 0.15) is 6.54 Å². The third-order valence-corrected chi connectivity index (χ3v) is 3.12. The van der Waals surface area contributed by atoms with Crippen molar-refractivity contribution in [3.63, 3.8) is 0 Å². The van der Waals surface area contributed by atoms with E-state index in [0.717, 1.165) is 11.1 Å². The lowest BCUT2D eigenvalue weighted by molar-refractivity contribution is -0.122. The van der Waals surface area contributed by atoms with E-state index in [4.69, 9.17) is 5.84 Å². The Morgan fingerprint density at radius 2 is 2.00 bits per heavy atom. The van der Waals surface area contributed by atoms with Gasteiger partial charge in [-0.15, -0.1) is 0 Å². The van der Waals surface area contributed by atoms with Crippen molar-refractivity contribution in [1.29, 1.82) is 0 Å². The van der Waals surface area contributed by atoms with Gasteiger partial charge in [0.15, 0.2) is 0 Å². The quantitative estimate of drug-likeness (QED) is 0.328. The fourth-order valence-electron chi connectivity index (χ4n) is 2.01.